The lowest BCUT2D eigenvalue weighted by Gasteiger charge is -2.31. The molecule has 1 aromatic heterocycles. The standard InChI is InChI=1S/C11H15ClN4O/c1-8-5-9(12)14-10(13-8)6-16-4-3-15(2)11(17)7-16/h5H,3-4,6-7H2,1-2H3. The molecule has 0 spiro atoms. The summed E-state index contributed by atoms with van der Waals surface area (Å²) in [4.78, 5) is 23.8. The SMILES string of the molecule is Cc1cc(Cl)nc(CN2CCN(C)C(=O)C2)n1. The number of hydrogen-bond acceptors (Lipinski definition) is 4. The molecule has 1 fully saturated rings. The van der Waals surface area contributed by atoms with Crippen molar-refractivity contribution in [2.75, 3.05) is 26.7 Å². The number of halogens is 1. The Hall–Kier alpha value is -1.20. The molecule has 1 saturated heterocycles. The van der Waals surface area contributed by atoms with Crippen LogP contribution in [0.5, 0.6) is 0 Å². The lowest BCUT2D eigenvalue weighted by Crippen LogP contribution is -2.48. The predicted molar refractivity (Wildman–Crippen MR) is 64.7 cm³/mol. The lowest BCUT2D eigenvalue weighted by molar-refractivity contribution is -0.134. The van der Waals surface area contributed by atoms with E-state index < -0.39 is 0 Å². The van der Waals surface area contributed by atoms with Gasteiger partial charge < -0.3 is 4.90 Å². The number of amides is 1. The highest BCUT2D eigenvalue weighted by Gasteiger charge is 2.21. The molecular weight excluding hydrogens is 240 g/mol. The normalized spacial score (nSPS) is 17.6. The Bertz CT molecular complexity index is 417. The zero-order valence-electron chi connectivity index (χ0n) is 9.98. The predicted octanol–water partition coefficient (Wildman–Crippen LogP) is 0.712. The molecule has 17 heavy (non-hydrogen) atoms. The Labute approximate surface area is 105 Å². The van der Waals surface area contributed by atoms with Gasteiger partial charge >= 0.3 is 0 Å². The van der Waals surface area contributed by atoms with Crippen LogP contribution in [0, 0.1) is 6.92 Å². The van der Waals surface area contributed by atoms with Gasteiger partial charge in [-0.15, -0.1) is 0 Å². The van der Waals surface area contributed by atoms with Crippen molar-refractivity contribution in [3.8, 4) is 0 Å². The van der Waals surface area contributed by atoms with E-state index in [0.29, 0.717) is 24.1 Å². The molecule has 2 rings (SSSR count). The van der Waals surface area contributed by atoms with E-state index in [1.165, 1.54) is 0 Å². The van der Waals surface area contributed by atoms with Crippen LogP contribution in [-0.4, -0.2) is 52.4 Å². The van der Waals surface area contributed by atoms with Gasteiger partial charge in [0.15, 0.2) is 0 Å². The van der Waals surface area contributed by atoms with Crippen molar-refractivity contribution in [3.05, 3.63) is 22.7 Å². The van der Waals surface area contributed by atoms with Gasteiger partial charge in [-0.25, -0.2) is 9.97 Å². The molecule has 0 aliphatic carbocycles. The average Bonchev–Trinajstić information content (AvgIpc) is 2.22. The van der Waals surface area contributed by atoms with Gasteiger partial charge in [0.25, 0.3) is 0 Å². The minimum atomic E-state index is 0.134. The summed E-state index contributed by atoms with van der Waals surface area (Å²) in [7, 11) is 1.82. The minimum Gasteiger partial charge on any atom is -0.343 e. The van der Waals surface area contributed by atoms with Crippen molar-refractivity contribution >= 4 is 17.5 Å². The Morgan fingerprint density at radius 2 is 2.18 bits per heavy atom. The van der Waals surface area contributed by atoms with Crippen LogP contribution >= 0.6 is 11.6 Å². The van der Waals surface area contributed by atoms with Crippen LogP contribution < -0.4 is 0 Å². The third-order valence-electron chi connectivity index (χ3n) is 2.77. The number of aromatic nitrogens is 2. The first-order valence-corrected chi connectivity index (χ1v) is 5.89. The number of nitrogens with zero attached hydrogens (tertiary/aromatic N) is 4. The maximum atomic E-state index is 11.5. The maximum absolute atomic E-state index is 11.5. The van der Waals surface area contributed by atoms with Crippen LogP contribution in [0.3, 0.4) is 0 Å². The first-order valence-electron chi connectivity index (χ1n) is 5.51. The van der Waals surface area contributed by atoms with E-state index in [9.17, 15) is 4.79 Å². The summed E-state index contributed by atoms with van der Waals surface area (Å²) in [6.45, 7) is 4.47. The second-order valence-corrected chi connectivity index (χ2v) is 4.66. The van der Waals surface area contributed by atoms with E-state index >= 15 is 0 Å². The molecule has 0 aromatic carbocycles. The van der Waals surface area contributed by atoms with Crippen LogP contribution in [0.15, 0.2) is 6.07 Å². The number of likely N-dealkylation sites (N-methyl/N-ethyl adjacent to an activating group) is 1. The summed E-state index contributed by atoms with van der Waals surface area (Å²) in [5, 5.41) is 0.452. The van der Waals surface area contributed by atoms with Gasteiger partial charge in [-0.05, 0) is 13.0 Å². The molecular formula is C11H15ClN4O. The highest BCUT2D eigenvalue weighted by molar-refractivity contribution is 6.29. The van der Waals surface area contributed by atoms with Crippen molar-refractivity contribution in [1.29, 1.82) is 0 Å². The molecule has 1 amide bonds. The smallest absolute Gasteiger partial charge is 0.236 e. The molecule has 0 radical (unpaired) electrons. The molecule has 0 N–H and O–H groups in total. The molecule has 0 unspecified atom stereocenters. The van der Waals surface area contributed by atoms with Gasteiger partial charge in [0.05, 0.1) is 13.1 Å². The van der Waals surface area contributed by atoms with Crippen LogP contribution in [0.25, 0.3) is 0 Å². The van der Waals surface area contributed by atoms with Crippen molar-refractivity contribution in [3.63, 3.8) is 0 Å². The van der Waals surface area contributed by atoms with Crippen molar-refractivity contribution in [1.82, 2.24) is 19.8 Å². The Kier molecular flexibility index (Phi) is 3.59. The maximum Gasteiger partial charge on any atom is 0.236 e. The van der Waals surface area contributed by atoms with Gasteiger partial charge in [-0.1, -0.05) is 11.6 Å². The highest BCUT2D eigenvalue weighted by atomic mass is 35.5. The summed E-state index contributed by atoms with van der Waals surface area (Å²) in [6.07, 6.45) is 0. The Morgan fingerprint density at radius 3 is 2.82 bits per heavy atom. The molecule has 1 aromatic rings. The third-order valence-corrected chi connectivity index (χ3v) is 2.96. The van der Waals surface area contributed by atoms with Crippen LogP contribution in [0.1, 0.15) is 11.5 Å². The summed E-state index contributed by atoms with van der Waals surface area (Å²) >= 11 is 5.87. The Morgan fingerprint density at radius 1 is 1.41 bits per heavy atom. The number of piperazine rings is 1. The third kappa shape index (κ3) is 3.14. The van der Waals surface area contributed by atoms with Crippen molar-refractivity contribution in [2.24, 2.45) is 0 Å². The molecule has 0 saturated carbocycles. The van der Waals surface area contributed by atoms with E-state index in [4.69, 9.17) is 11.6 Å². The summed E-state index contributed by atoms with van der Waals surface area (Å²) in [5.41, 5.74) is 0.848. The monoisotopic (exact) mass is 254 g/mol. The number of hydrogen-bond donors (Lipinski definition) is 0. The average molecular weight is 255 g/mol. The zero-order chi connectivity index (χ0) is 12.4. The van der Waals surface area contributed by atoms with E-state index in [0.717, 1.165) is 18.8 Å². The van der Waals surface area contributed by atoms with Crippen molar-refractivity contribution in [2.45, 2.75) is 13.5 Å². The highest BCUT2D eigenvalue weighted by Crippen LogP contribution is 2.10. The summed E-state index contributed by atoms with van der Waals surface area (Å²) < 4.78 is 0. The van der Waals surface area contributed by atoms with E-state index in [-0.39, 0.29) is 5.91 Å². The summed E-state index contributed by atoms with van der Waals surface area (Å²) in [6, 6.07) is 1.72. The van der Waals surface area contributed by atoms with Gasteiger partial charge in [0, 0.05) is 25.8 Å². The molecule has 92 valence electrons. The zero-order valence-corrected chi connectivity index (χ0v) is 10.7. The van der Waals surface area contributed by atoms with E-state index in [1.807, 2.05) is 18.9 Å². The van der Waals surface area contributed by atoms with Crippen LogP contribution in [0.4, 0.5) is 0 Å². The molecule has 1 aliphatic heterocycles. The Balaban J connectivity index is 2.03. The number of rotatable bonds is 2. The van der Waals surface area contributed by atoms with Gasteiger partial charge in [-0.3, -0.25) is 9.69 Å². The minimum absolute atomic E-state index is 0.134. The van der Waals surface area contributed by atoms with E-state index in [1.54, 1.807) is 11.0 Å². The fourth-order valence-electron chi connectivity index (χ4n) is 1.80. The van der Waals surface area contributed by atoms with Crippen molar-refractivity contribution < 1.29 is 4.79 Å². The number of carbonyl (C=O) groups excluding carboxylic acids is 1. The lowest BCUT2D eigenvalue weighted by atomic mass is 10.3. The molecule has 1 aliphatic rings. The molecule has 0 bridgehead atoms. The topological polar surface area (TPSA) is 49.3 Å². The molecule has 5 nitrogen and oxygen atoms in total. The first kappa shape index (κ1) is 12.3. The summed E-state index contributed by atoms with van der Waals surface area (Å²) in [5.74, 6) is 0.808. The molecule has 0 atom stereocenters. The largest absolute Gasteiger partial charge is 0.343 e. The first-order chi connectivity index (χ1) is 8.04. The van der Waals surface area contributed by atoms with Gasteiger partial charge in [0.2, 0.25) is 5.91 Å². The van der Waals surface area contributed by atoms with Gasteiger partial charge in [0.1, 0.15) is 11.0 Å². The fourth-order valence-corrected chi connectivity index (χ4v) is 2.06. The van der Waals surface area contributed by atoms with Crippen LogP contribution in [-0.2, 0) is 11.3 Å². The molecule has 2 heterocycles. The quantitative estimate of drug-likeness (QED) is 0.730. The van der Waals surface area contributed by atoms with E-state index in [2.05, 4.69) is 9.97 Å². The number of carbonyl (C=O) groups is 1. The fraction of sp³-hybridized carbons (Fsp3) is 0.545. The van der Waals surface area contributed by atoms with Gasteiger partial charge in [-0.2, -0.15) is 0 Å². The van der Waals surface area contributed by atoms with Crippen LogP contribution in [0.2, 0.25) is 5.15 Å². The molecule has 6 heteroatoms. The second-order valence-electron chi connectivity index (χ2n) is 4.27. The number of aryl methyl sites for hydroxylation is 1. The second kappa shape index (κ2) is 4.98.